The average molecular weight is 351 g/mol. The van der Waals surface area contributed by atoms with E-state index in [-0.39, 0.29) is 6.09 Å². The molecular formula is C19H21N5O2. The topological polar surface area (TPSA) is 84.0 Å². The SMILES string of the molecule is COC(=O)N1CCC(Cc2ncccc2-c2cnc3[nH]ccc3n2)CC1. The molecule has 0 aliphatic carbocycles. The maximum atomic E-state index is 11.6. The second-order valence-electron chi connectivity index (χ2n) is 6.57. The van der Waals surface area contributed by atoms with Crippen molar-refractivity contribution in [3.05, 3.63) is 42.5 Å². The molecule has 3 aromatic rings. The van der Waals surface area contributed by atoms with Crippen LogP contribution in [-0.2, 0) is 11.2 Å². The summed E-state index contributed by atoms with van der Waals surface area (Å²) < 4.78 is 4.81. The fourth-order valence-corrected chi connectivity index (χ4v) is 3.52. The van der Waals surface area contributed by atoms with E-state index in [4.69, 9.17) is 9.72 Å². The second kappa shape index (κ2) is 7.11. The maximum Gasteiger partial charge on any atom is 0.409 e. The summed E-state index contributed by atoms with van der Waals surface area (Å²) in [5.74, 6) is 0.494. The molecule has 0 spiro atoms. The summed E-state index contributed by atoms with van der Waals surface area (Å²) in [6, 6.07) is 5.90. The van der Waals surface area contributed by atoms with Crippen molar-refractivity contribution in [3.8, 4) is 11.3 Å². The van der Waals surface area contributed by atoms with Crippen LogP contribution < -0.4 is 0 Å². The first-order valence-electron chi connectivity index (χ1n) is 8.82. The molecule has 4 rings (SSSR count). The number of carbonyl (C=O) groups excluding carboxylic acids is 1. The zero-order valence-electron chi connectivity index (χ0n) is 14.7. The number of hydrogen-bond acceptors (Lipinski definition) is 5. The van der Waals surface area contributed by atoms with Crippen LogP contribution in [0.5, 0.6) is 0 Å². The van der Waals surface area contributed by atoms with Crippen LogP contribution in [-0.4, -0.2) is 51.1 Å². The number of piperidine rings is 1. The van der Waals surface area contributed by atoms with Gasteiger partial charge in [0.2, 0.25) is 0 Å². The number of amides is 1. The number of nitrogens with one attached hydrogen (secondary N) is 1. The molecule has 1 saturated heterocycles. The second-order valence-corrected chi connectivity index (χ2v) is 6.57. The summed E-state index contributed by atoms with van der Waals surface area (Å²) in [5, 5.41) is 0. The van der Waals surface area contributed by atoms with Gasteiger partial charge in [0.25, 0.3) is 0 Å². The number of carbonyl (C=O) groups is 1. The van der Waals surface area contributed by atoms with Gasteiger partial charge in [-0.3, -0.25) is 4.98 Å². The van der Waals surface area contributed by atoms with Gasteiger partial charge in [0, 0.05) is 31.0 Å². The lowest BCUT2D eigenvalue weighted by Crippen LogP contribution is -2.38. The van der Waals surface area contributed by atoms with E-state index in [0.717, 1.165) is 60.5 Å². The molecule has 0 radical (unpaired) electrons. The number of aromatic nitrogens is 4. The Morgan fingerprint density at radius 1 is 1.31 bits per heavy atom. The number of H-pyrrole nitrogens is 1. The third kappa shape index (κ3) is 3.24. The summed E-state index contributed by atoms with van der Waals surface area (Å²) >= 11 is 0. The molecule has 1 aliphatic rings. The Balaban J connectivity index is 1.52. The highest BCUT2D eigenvalue weighted by atomic mass is 16.5. The Morgan fingerprint density at radius 2 is 2.15 bits per heavy atom. The fraction of sp³-hybridized carbons (Fsp3) is 0.368. The zero-order chi connectivity index (χ0) is 17.9. The lowest BCUT2D eigenvalue weighted by atomic mass is 9.90. The lowest BCUT2D eigenvalue weighted by Gasteiger charge is -2.31. The number of nitrogens with zero attached hydrogens (tertiary/aromatic N) is 4. The first-order valence-corrected chi connectivity index (χ1v) is 8.82. The third-order valence-corrected chi connectivity index (χ3v) is 4.96. The van der Waals surface area contributed by atoms with E-state index in [1.807, 2.05) is 24.5 Å². The van der Waals surface area contributed by atoms with Gasteiger partial charge in [-0.2, -0.15) is 0 Å². The minimum absolute atomic E-state index is 0.239. The molecule has 1 amide bonds. The molecule has 1 aliphatic heterocycles. The zero-order valence-corrected chi connectivity index (χ0v) is 14.7. The van der Waals surface area contributed by atoms with Crippen LogP contribution in [0.1, 0.15) is 18.5 Å². The summed E-state index contributed by atoms with van der Waals surface area (Å²) in [7, 11) is 1.43. The minimum Gasteiger partial charge on any atom is -0.453 e. The first kappa shape index (κ1) is 16.5. The van der Waals surface area contributed by atoms with Gasteiger partial charge >= 0.3 is 6.09 Å². The van der Waals surface area contributed by atoms with Crippen molar-refractivity contribution in [2.24, 2.45) is 5.92 Å². The summed E-state index contributed by atoms with van der Waals surface area (Å²) in [5.41, 5.74) is 4.54. The molecule has 0 aromatic carbocycles. The van der Waals surface area contributed by atoms with Gasteiger partial charge in [-0.25, -0.2) is 14.8 Å². The van der Waals surface area contributed by atoms with Crippen molar-refractivity contribution in [2.45, 2.75) is 19.3 Å². The Hall–Kier alpha value is -2.96. The van der Waals surface area contributed by atoms with Gasteiger partial charge in [-0.15, -0.1) is 0 Å². The molecule has 3 aromatic heterocycles. The number of ether oxygens (including phenoxy) is 1. The minimum atomic E-state index is -0.239. The molecule has 7 heteroatoms. The van der Waals surface area contributed by atoms with Crippen LogP contribution in [0.2, 0.25) is 0 Å². The molecule has 1 N–H and O–H groups in total. The molecule has 4 heterocycles. The first-order chi connectivity index (χ1) is 12.7. The van der Waals surface area contributed by atoms with E-state index >= 15 is 0 Å². The van der Waals surface area contributed by atoms with Crippen molar-refractivity contribution in [1.29, 1.82) is 0 Å². The Labute approximate surface area is 151 Å². The van der Waals surface area contributed by atoms with Crippen LogP contribution in [0, 0.1) is 5.92 Å². The number of fused-ring (bicyclic) bond motifs is 1. The average Bonchev–Trinajstić information content (AvgIpc) is 3.16. The highest BCUT2D eigenvalue weighted by Gasteiger charge is 2.24. The Morgan fingerprint density at radius 3 is 2.96 bits per heavy atom. The van der Waals surface area contributed by atoms with E-state index in [1.165, 1.54) is 7.11 Å². The van der Waals surface area contributed by atoms with Crippen molar-refractivity contribution in [1.82, 2.24) is 24.8 Å². The molecular weight excluding hydrogens is 330 g/mol. The number of pyridine rings is 1. The van der Waals surface area contributed by atoms with Crippen LogP contribution in [0.15, 0.2) is 36.8 Å². The number of rotatable bonds is 3. The predicted octanol–water partition coefficient (Wildman–Crippen LogP) is 3.04. The van der Waals surface area contributed by atoms with Gasteiger partial charge in [0.15, 0.2) is 5.65 Å². The molecule has 1 fully saturated rings. The van der Waals surface area contributed by atoms with Crippen LogP contribution in [0.4, 0.5) is 4.79 Å². The number of hydrogen-bond donors (Lipinski definition) is 1. The largest absolute Gasteiger partial charge is 0.453 e. The van der Waals surface area contributed by atoms with E-state index < -0.39 is 0 Å². The number of likely N-dealkylation sites (tertiary alicyclic amines) is 1. The lowest BCUT2D eigenvalue weighted by molar-refractivity contribution is 0.106. The molecule has 26 heavy (non-hydrogen) atoms. The molecule has 7 nitrogen and oxygen atoms in total. The standard InChI is InChI=1S/C19H21N5O2/c1-26-19(25)24-9-5-13(6-10-24)11-16-14(3-2-7-20-16)17-12-22-18-15(23-17)4-8-21-18/h2-4,7-8,12-13H,5-6,9-11H2,1H3,(H,21,22). The highest BCUT2D eigenvalue weighted by Crippen LogP contribution is 2.27. The van der Waals surface area contributed by atoms with Gasteiger partial charge < -0.3 is 14.6 Å². The monoisotopic (exact) mass is 351 g/mol. The van der Waals surface area contributed by atoms with Gasteiger partial charge in [0.1, 0.15) is 5.52 Å². The molecule has 0 atom stereocenters. The van der Waals surface area contributed by atoms with Crippen LogP contribution in [0.25, 0.3) is 22.4 Å². The molecule has 134 valence electrons. The smallest absolute Gasteiger partial charge is 0.409 e. The van der Waals surface area contributed by atoms with Crippen LogP contribution in [0.3, 0.4) is 0 Å². The van der Waals surface area contributed by atoms with Crippen molar-refractivity contribution >= 4 is 17.3 Å². The molecule has 0 bridgehead atoms. The van der Waals surface area contributed by atoms with Gasteiger partial charge in [-0.05, 0) is 43.4 Å². The molecule has 0 saturated carbocycles. The van der Waals surface area contributed by atoms with Crippen molar-refractivity contribution in [3.63, 3.8) is 0 Å². The summed E-state index contributed by atoms with van der Waals surface area (Å²) in [6.45, 7) is 1.46. The fourth-order valence-electron chi connectivity index (χ4n) is 3.52. The van der Waals surface area contributed by atoms with E-state index in [9.17, 15) is 4.79 Å². The Kier molecular flexibility index (Phi) is 4.51. The predicted molar refractivity (Wildman–Crippen MR) is 97.5 cm³/mol. The van der Waals surface area contributed by atoms with E-state index in [2.05, 4.69) is 21.0 Å². The van der Waals surface area contributed by atoms with E-state index in [0.29, 0.717) is 5.92 Å². The van der Waals surface area contributed by atoms with E-state index in [1.54, 1.807) is 11.1 Å². The maximum absolute atomic E-state index is 11.6. The summed E-state index contributed by atoms with van der Waals surface area (Å²) in [6.07, 6.45) is 7.99. The van der Waals surface area contributed by atoms with Crippen LogP contribution >= 0.6 is 0 Å². The van der Waals surface area contributed by atoms with Gasteiger partial charge in [-0.1, -0.05) is 0 Å². The number of aromatic amines is 1. The number of methoxy groups -OCH3 is 1. The highest BCUT2D eigenvalue weighted by molar-refractivity contribution is 5.74. The molecule has 0 unspecified atom stereocenters. The van der Waals surface area contributed by atoms with Gasteiger partial charge in [0.05, 0.1) is 24.7 Å². The quantitative estimate of drug-likeness (QED) is 0.784. The normalized spacial score (nSPS) is 15.3. The Bertz CT molecular complexity index is 915. The summed E-state index contributed by atoms with van der Waals surface area (Å²) in [4.78, 5) is 30.2. The van der Waals surface area contributed by atoms with Crippen molar-refractivity contribution < 1.29 is 9.53 Å². The third-order valence-electron chi connectivity index (χ3n) is 4.96. The van der Waals surface area contributed by atoms with Crippen molar-refractivity contribution in [2.75, 3.05) is 20.2 Å².